The molecule has 0 saturated carbocycles. The van der Waals surface area contributed by atoms with Crippen LogP contribution in [0.1, 0.15) is 53.0 Å². The maximum atomic E-state index is 12.2. The van der Waals surface area contributed by atoms with E-state index in [0.717, 1.165) is 36.9 Å². The maximum Gasteiger partial charge on any atom is 0.404 e. The van der Waals surface area contributed by atoms with Gasteiger partial charge >= 0.3 is 6.09 Å². The standard InChI is InChI=1S/C20H25N5O4S/c26-17(6-2-1-3-9-21-20(28)29)23-14-7-8-15-13(11-14)12-22-19(24-15)25-18(27)16-5-4-10-30-16/h4-5,10,12,14,21H,1-3,6-9,11H2,(H,23,26)(H,28,29)(H,22,24,25,27). The molecule has 3 amide bonds. The van der Waals surface area contributed by atoms with Crippen molar-refractivity contribution in [1.82, 2.24) is 20.6 Å². The molecule has 0 fully saturated rings. The molecule has 160 valence electrons. The molecule has 10 heteroatoms. The van der Waals surface area contributed by atoms with Crippen molar-refractivity contribution < 1.29 is 19.5 Å². The van der Waals surface area contributed by atoms with Gasteiger partial charge in [-0.3, -0.25) is 14.9 Å². The van der Waals surface area contributed by atoms with Crippen LogP contribution in [-0.2, 0) is 17.6 Å². The largest absolute Gasteiger partial charge is 0.465 e. The number of carboxylic acid groups (broad SMARTS) is 1. The number of carbonyl (C=O) groups excluding carboxylic acids is 2. The molecule has 0 saturated heterocycles. The molecule has 0 aromatic carbocycles. The summed E-state index contributed by atoms with van der Waals surface area (Å²) in [7, 11) is 0. The van der Waals surface area contributed by atoms with Crippen molar-refractivity contribution >= 4 is 35.2 Å². The first-order valence-corrected chi connectivity index (χ1v) is 10.8. The SMILES string of the molecule is O=C(O)NCCCCCC(=O)NC1CCc2nc(NC(=O)c3cccs3)ncc2C1. The second-order valence-electron chi connectivity index (χ2n) is 7.15. The summed E-state index contributed by atoms with van der Waals surface area (Å²) in [5.74, 6) is 0.0899. The van der Waals surface area contributed by atoms with Crippen LogP contribution in [0.3, 0.4) is 0 Å². The average molecular weight is 432 g/mol. The van der Waals surface area contributed by atoms with Gasteiger partial charge in [0, 0.05) is 30.9 Å². The second kappa shape index (κ2) is 10.7. The Hall–Kier alpha value is -3.01. The highest BCUT2D eigenvalue weighted by molar-refractivity contribution is 7.12. The first kappa shape index (κ1) is 21.7. The zero-order valence-corrected chi connectivity index (χ0v) is 17.3. The highest BCUT2D eigenvalue weighted by atomic mass is 32.1. The van der Waals surface area contributed by atoms with Gasteiger partial charge < -0.3 is 15.7 Å². The molecule has 0 bridgehead atoms. The molecule has 30 heavy (non-hydrogen) atoms. The van der Waals surface area contributed by atoms with E-state index in [1.54, 1.807) is 12.3 Å². The van der Waals surface area contributed by atoms with Crippen molar-refractivity contribution in [3.8, 4) is 0 Å². The van der Waals surface area contributed by atoms with Crippen molar-refractivity contribution in [1.29, 1.82) is 0 Å². The van der Waals surface area contributed by atoms with Gasteiger partial charge in [-0.2, -0.15) is 0 Å². The van der Waals surface area contributed by atoms with Gasteiger partial charge in [0.1, 0.15) is 0 Å². The molecule has 2 aromatic rings. The predicted molar refractivity (Wildman–Crippen MR) is 113 cm³/mol. The van der Waals surface area contributed by atoms with Crippen molar-refractivity contribution in [3.63, 3.8) is 0 Å². The van der Waals surface area contributed by atoms with Gasteiger partial charge in [-0.1, -0.05) is 12.5 Å². The molecule has 0 aliphatic heterocycles. The predicted octanol–water partition coefficient (Wildman–Crippen LogP) is 2.59. The second-order valence-corrected chi connectivity index (χ2v) is 8.09. The molecule has 2 heterocycles. The van der Waals surface area contributed by atoms with E-state index in [4.69, 9.17) is 5.11 Å². The first-order chi connectivity index (χ1) is 14.5. The number of nitrogens with zero attached hydrogens (tertiary/aromatic N) is 2. The van der Waals surface area contributed by atoms with Crippen molar-refractivity contribution in [2.24, 2.45) is 0 Å². The fourth-order valence-electron chi connectivity index (χ4n) is 3.34. The van der Waals surface area contributed by atoms with E-state index < -0.39 is 6.09 Å². The Bertz CT molecular complexity index is 887. The first-order valence-electron chi connectivity index (χ1n) is 9.97. The number of unbranched alkanes of at least 4 members (excludes halogenated alkanes) is 2. The number of thiophene rings is 1. The molecular formula is C20H25N5O4S. The van der Waals surface area contributed by atoms with Crippen LogP contribution in [0.5, 0.6) is 0 Å². The molecule has 1 aliphatic rings. The van der Waals surface area contributed by atoms with Crippen LogP contribution in [0, 0.1) is 0 Å². The normalized spacial score (nSPS) is 15.1. The lowest BCUT2D eigenvalue weighted by atomic mass is 9.92. The number of anilines is 1. The highest BCUT2D eigenvalue weighted by Crippen LogP contribution is 2.21. The van der Waals surface area contributed by atoms with E-state index in [1.807, 2.05) is 11.4 Å². The highest BCUT2D eigenvalue weighted by Gasteiger charge is 2.22. The number of rotatable bonds is 9. The van der Waals surface area contributed by atoms with Gasteiger partial charge in [0.25, 0.3) is 5.91 Å². The Kier molecular flexibility index (Phi) is 7.72. The molecule has 1 unspecified atom stereocenters. The number of nitrogens with one attached hydrogen (secondary N) is 3. The zero-order valence-electron chi connectivity index (χ0n) is 16.5. The monoisotopic (exact) mass is 431 g/mol. The summed E-state index contributed by atoms with van der Waals surface area (Å²) in [6.45, 7) is 0.409. The summed E-state index contributed by atoms with van der Waals surface area (Å²) >= 11 is 1.36. The Morgan fingerprint density at radius 2 is 2.10 bits per heavy atom. The number of hydrogen-bond donors (Lipinski definition) is 4. The lowest BCUT2D eigenvalue weighted by Crippen LogP contribution is -2.39. The molecule has 4 N–H and O–H groups in total. The third kappa shape index (κ3) is 6.51. The smallest absolute Gasteiger partial charge is 0.404 e. The zero-order chi connectivity index (χ0) is 21.3. The average Bonchev–Trinajstić information content (AvgIpc) is 3.25. The van der Waals surface area contributed by atoms with Crippen LogP contribution in [0.4, 0.5) is 10.7 Å². The molecule has 1 atom stereocenters. The molecule has 3 rings (SSSR count). The minimum Gasteiger partial charge on any atom is -0.465 e. The van der Waals surface area contributed by atoms with Gasteiger partial charge in [0.15, 0.2) is 0 Å². The summed E-state index contributed by atoms with van der Waals surface area (Å²) in [6.07, 6.45) is 5.55. The van der Waals surface area contributed by atoms with Crippen molar-refractivity contribution in [2.75, 3.05) is 11.9 Å². The summed E-state index contributed by atoms with van der Waals surface area (Å²) in [6, 6.07) is 3.62. The third-order valence-electron chi connectivity index (χ3n) is 4.84. The van der Waals surface area contributed by atoms with Gasteiger partial charge in [-0.05, 0) is 49.1 Å². The molecule has 1 aliphatic carbocycles. The summed E-state index contributed by atoms with van der Waals surface area (Å²) in [5.41, 5.74) is 1.89. The van der Waals surface area contributed by atoms with Gasteiger partial charge in [0.05, 0.1) is 4.88 Å². The van der Waals surface area contributed by atoms with E-state index in [0.29, 0.717) is 36.6 Å². The molecule has 9 nitrogen and oxygen atoms in total. The molecular weight excluding hydrogens is 406 g/mol. The minimum atomic E-state index is -1.02. The summed E-state index contributed by atoms with van der Waals surface area (Å²) in [4.78, 5) is 44.0. The van der Waals surface area contributed by atoms with E-state index in [-0.39, 0.29) is 17.9 Å². The lowest BCUT2D eigenvalue weighted by molar-refractivity contribution is -0.122. The molecule has 2 aromatic heterocycles. The summed E-state index contributed by atoms with van der Waals surface area (Å²) in [5, 5.41) is 18.4. The maximum absolute atomic E-state index is 12.2. The van der Waals surface area contributed by atoms with Crippen LogP contribution >= 0.6 is 11.3 Å². The fraction of sp³-hybridized carbons (Fsp3) is 0.450. The summed E-state index contributed by atoms with van der Waals surface area (Å²) < 4.78 is 0. The Morgan fingerprint density at radius 1 is 1.23 bits per heavy atom. The Morgan fingerprint density at radius 3 is 2.87 bits per heavy atom. The quantitative estimate of drug-likeness (QED) is 0.451. The minimum absolute atomic E-state index is 0.00962. The van der Waals surface area contributed by atoms with E-state index in [1.165, 1.54) is 11.3 Å². The number of hydrogen-bond acceptors (Lipinski definition) is 6. The number of amides is 3. The van der Waals surface area contributed by atoms with Crippen LogP contribution < -0.4 is 16.0 Å². The van der Waals surface area contributed by atoms with Crippen molar-refractivity contribution in [3.05, 3.63) is 39.8 Å². The number of aryl methyl sites for hydroxylation is 1. The van der Waals surface area contributed by atoms with Crippen LogP contribution in [0.25, 0.3) is 0 Å². The topological polar surface area (TPSA) is 133 Å². The molecule has 0 radical (unpaired) electrons. The van der Waals surface area contributed by atoms with E-state index in [9.17, 15) is 14.4 Å². The van der Waals surface area contributed by atoms with Gasteiger partial charge in [0.2, 0.25) is 11.9 Å². The fourth-order valence-corrected chi connectivity index (χ4v) is 3.96. The van der Waals surface area contributed by atoms with E-state index >= 15 is 0 Å². The van der Waals surface area contributed by atoms with Crippen LogP contribution in [-0.4, -0.2) is 45.6 Å². The number of carbonyl (C=O) groups is 3. The van der Waals surface area contributed by atoms with Gasteiger partial charge in [-0.25, -0.2) is 14.8 Å². The lowest BCUT2D eigenvalue weighted by Gasteiger charge is -2.25. The Balaban J connectivity index is 1.41. The van der Waals surface area contributed by atoms with Crippen molar-refractivity contribution in [2.45, 2.75) is 51.0 Å². The van der Waals surface area contributed by atoms with Gasteiger partial charge in [-0.15, -0.1) is 11.3 Å². The third-order valence-corrected chi connectivity index (χ3v) is 5.71. The number of aromatic nitrogens is 2. The van der Waals surface area contributed by atoms with Crippen LogP contribution in [0.15, 0.2) is 23.7 Å². The van der Waals surface area contributed by atoms with E-state index in [2.05, 4.69) is 25.9 Å². The number of fused-ring (bicyclic) bond motifs is 1. The Labute approximate surface area is 178 Å². The van der Waals surface area contributed by atoms with Crippen LogP contribution in [0.2, 0.25) is 0 Å². The molecule has 0 spiro atoms.